The van der Waals surface area contributed by atoms with Crippen LogP contribution in [-0.4, -0.2) is 45.6 Å². The van der Waals surface area contributed by atoms with E-state index in [-0.39, 0.29) is 12.2 Å². The molecule has 124 valence electrons. The van der Waals surface area contributed by atoms with E-state index in [0.717, 1.165) is 30.0 Å². The van der Waals surface area contributed by atoms with Crippen molar-refractivity contribution in [3.05, 3.63) is 51.8 Å². The van der Waals surface area contributed by atoms with Crippen LogP contribution in [0.4, 0.5) is 0 Å². The van der Waals surface area contributed by atoms with Crippen molar-refractivity contribution in [2.24, 2.45) is 7.05 Å². The lowest BCUT2D eigenvalue weighted by Crippen LogP contribution is -2.39. The number of hydrogen-bond acceptors (Lipinski definition) is 6. The molecule has 7 nitrogen and oxygen atoms in total. The van der Waals surface area contributed by atoms with Gasteiger partial charge in [0.15, 0.2) is 0 Å². The van der Waals surface area contributed by atoms with Gasteiger partial charge >= 0.3 is 0 Å². The minimum atomic E-state index is -0.578. The van der Waals surface area contributed by atoms with E-state index in [0.29, 0.717) is 19.7 Å². The van der Waals surface area contributed by atoms with Crippen molar-refractivity contribution in [2.45, 2.75) is 25.7 Å². The molecule has 2 aromatic rings. The van der Waals surface area contributed by atoms with Crippen LogP contribution >= 0.6 is 0 Å². The van der Waals surface area contributed by atoms with Crippen LogP contribution in [0.5, 0.6) is 0 Å². The summed E-state index contributed by atoms with van der Waals surface area (Å²) >= 11 is 0. The van der Waals surface area contributed by atoms with Gasteiger partial charge in [0.05, 0.1) is 24.7 Å². The summed E-state index contributed by atoms with van der Waals surface area (Å²) in [4.78, 5) is 13.8. The Bertz CT molecular complexity index is 696. The zero-order chi connectivity index (χ0) is 16.2. The number of rotatable bonds is 6. The smallest absolute Gasteiger partial charge is 0.266 e. The van der Waals surface area contributed by atoms with Crippen LogP contribution in [0.25, 0.3) is 0 Å². The van der Waals surface area contributed by atoms with Crippen LogP contribution in [0.1, 0.15) is 17.0 Å². The van der Waals surface area contributed by atoms with Crippen molar-refractivity contribution in [3.8, 4) is 0 Å². The summed E-state index contributed by atoms with van der Waals surface area (Å²) in [6.45, 7) is 2.56. The zero-order valence-electron chi connectivity index (χ0n) is 13.1. The summed E-state index contributed by atoms with van der Waals surface area (Å²) < 4.78 is 12.0. The SMILES string of the molecule is Cn1nc2c(cc1=O)CN(C[C@@H](O)COCc1ccco1)CC2. The van der Waals surface area contributed by atoms with Crippen molar-refractivity contribution < 1.29 is 14.3 Å². The zero-order valence-corrected chi connectivity index (χ0v) is 13.1. The molecule has 0 bridgehead atoms. The first-order chi connectivity index (χ1) is 11.1. The highest BCUT2D eigenvalue weighted by molar-refractivity contribution is 5.20. The maximum Gasteiger partial charge on any atom is 0.266 e. The molecule has 1 aliphatic heterocycles. The molecular formula is C16H21N3O4. The minimum Gasteiger partial charge on any atom is -0.467 e. The molecule has 1 aliphatic rings. The summed E-state index contributed by atoms with van der Waals surface area (Å²) in [7, 11) is 1.66. The van der Waals surface area contributed by atoms with Gasteiger partial charge in [0.1, 0.15) is 12.4 Å². The number of aliphatic hydroxyl groups excluding tert-OH is 1. The molecule has 7 heteroatoms. The maximum atomic E-state index is 11.7. The Kier molecular flexibility index (Phi) is 4.90. The maximum absolute atomic E-state index is 11.7. The quantitative estimate of drug-likeness (QED) is 0.825. The first kappa shape index (κ1) is 15.9. The monoisotopic (exact) mass is 319 g/mol. The number of fused-ring (bicyclic) bond motifs is 1. The first-order valence-corrected chi connectivity index (χ1v) is 7.68. The van der Waals surface area contributed by atoms with Gasteiger partial charge in [-0.2, -0.15) is 5.10 Å². The van der Waals surface area contributed by atoms with Gasteiger partial charge in [0.2, 0.25) is 0 Å². The average molecular weight is 319 g/mol. The second-order valence-electron chi connectivity index (χ2n) is 5.81. The van der Waals surface area contributed by atoms with Crippen molar-refractivity contribution >= 4 is 0 Å². The highest BCUT2D eigenvalue weighted by Crippen LogP contribution is 2.15. The van der Waals surface area contributed by atoms with Crippen LogP contribution < -0.4 is 5.56 Å². The number of hydrogen-bond donors (Lipinski definition) is 1. The molecule has 0 fully saturated rings. The first-order valence-electron chi connectivity index (χ1n) is 7.68. The Hall–Kier alpha value is -1.96. The van der Waals surface area contributed by atoms with E-state index in [1.165, 1.54) is 4.68 Å². The molecular weight excluding hydrogens is 298 g/mol. The van der Waals surface area contributed by atoms with Crippen LogP contribution in [-0.2, 0) is 31.4 Å². The third-order valence-electron chi connectivity index (χ3n) is 3.92. The van der Waals surface area contributed by atoms with Gasteiger partial charge in [-0.05, 0) is 17.7 Å². The summed E-state index contributed by atoms with van der Waals surface area (Å²) in [5, 5.41) is 14.4. The molecule has 1 N–H and O–H groups in total. The lowest BCUT2D eigenvalue weighted by atomic mass is 10.1. The van der Waals surface area contributed by atoms with Gasteiger partial charge in [-0.1, -0.05) is 0 Å². The number of aryl methyl sites for hydroxylation is 1. The molecule has 0 radical (unpaired) electrons. The van der Waals surface area contributed by atoms with E-state index in [4.69, 9.17) is 9.15 Å². The van der Waals surface area contributed by atoms with Gasteiger partial charge in [0, 0.05) is 39.2 Å². The van der Waals surface area contributed by atoms with E-state index in [2.05, 4.69) is 10.00 Å². The van der Waals surface area contributed by atoms with E-state index >= 15 is 0 Å². The van der Waals surface area contributed by atoms with Gasteiger partial charge in [0.25, 0.3) is 5.56 Å². The fourth-order valence-electron chi connectivity index (χ4n) is 2.75. The fraction of sp³-hybridized carbons (Fsp3) is 0.500. The number of aromatic nitrogens is 2. The van der Waals surface area contributed by atoms with Crippen LogP contribution in [0.2, 0.25) is 0 Å². The van der Waals surface area contributed by atoms with Crippen molar-refractivity contribution in [2.75, 3.05) is 19.7 Å². The lowest BCUT2D eigenvalue weighted by molar-refractivity contribution is 0.00296. The standard InChI is InChI=1S/C16H21N3O4/c1-18-16(21)7-12-8-19(5-4-15(12)17-18)9-13(20)10-22-11-14-3-2-6-23-14/h2-3,6-7,13,20H,4-5,8-11H2,1H3/t13-/m1/s1. The molecule has 0 aliphatic carbocycles. The number of nitrogens with zero attached hydrogens (tertiary/aromatic N) is 3. The molecule has 0 saturated carbocycles. The Morgan fingerprint density at radius 1 is 1.52 bits per heavy atom. The Labute approximate surface area is 134 Å². The molecule has 0 unspecified atom stereocenters. The van der Waals surface area contributed by atoms with E-state index in [1.54, 1.807) is 25.4 Å². The van der Waals surface area contributed by atoms with Crippen LogP contribution in [0.3, 0.4) is 0 Å². The van der Waals surface area contributed by atoms with Crippen LogP contribution in [0, 0.1) is 0 Å². The molecule has 0 saturated heterocycles. The van der Waals surface area contributed by atoms with Crippen molar-refractivity contribution in [1.82, 2.24) is 14.7 Å². The summed E-state index contributed by atoms with van der Waals surface area (Å²) in [6, 6.07) is 5.27. The third kappa shape index (κ3) is 4.07. The number of aliphatic hydroxyl groups is 1. The summed E-state index contributed by atoms with van der Waals surface area (Å²) in [5.74, 6) is 0.742. The predicted octanol–water partition coefficient (Wildman–Crippen LogP) is 0.309. The molecule has 0 spiro atoms. The highest BCUT2D eigenvalue weighted by atomic mass is 16.5. The molecule has 1 atom stereocenters. The van der Waals surface area contributed by atoms with Gasteiger partial charge < -0.3 is 14.3 Å². The van der Waals surface area contributed by atoms with Crippen molar-refractivity contribution in [3.63, 3.8) is 0 Å². The Balaban J connectivity index is 1.48. The molecule has 23 heavy (non-hydrogen) atoms. The summed E-state index contributed by atoms with van der Waals surface area (Å²) in [5.41, 5.74) is 1.81. The molecule has 2 aromatic heterocycles. The largest absolute Gasteiger partial charge is 0.467 e. The average Bonchev–Trinajstić information content (AvgIpc) is 3.02. The van der Waals surface area contributed by atoms with Crippen molar-refractivity contribution in [1.29, 1.82) is 0 Å². The van der Waals surface area contributed by atoms with E-state index in [1.807, 2.05) is 6.07 Å². The van der Waals surface area contributed by atoms with Gasteiger partial charge in [-0.15, -0.1) is 0 Å². The lowest BCUT2D eigenvalue weighted by Gasteiger charge is -2.29. The summed E-state index contributed by atoms with van der Waals surface area (Å²) in [6.07, 6.45) is 1.80. The molecule has 0 aromatic carbocycles. The highest BCUT2D eigenvalue weighted by Gasteiger charge is 2.20. The van der Waals surface area contributed by atoms with Crippen LogP contribution in [0.15, 0.2) is 33.7 Å². The van der Waals surface area contributed by atoms with E-state index in [9.17, 15) is 9.90 Å². The second kappa shape index (κ2) is 7.08. The van der Waals surface area contributed by atoms with Gasteiger partial charge in [-0.3, -0.25) is 9.69 Å². The minimum absolute atomic E-state index is 0.104. The number of β-amino-alcohol motifs (C(OH)–C–C–N with tert-alkyl or cyclic N) is 1. The topological polar surface area (TPSA) is 80.7 Å². The molecule has 3 heterocycles. The van der Waals surface area contributed by atoms with Gasteiger partial charge in [-0.25, -0.2) is 4.68 Å². The second-order valence-corrected chi connectivity index (χ2v) is 5.81. The Morgan fingerprint density at radius 3 is 3.17 bits per heavy atom. The molecule has 0 amide bonds. The fourth-order valence-corrected chi connectivity index (χ4v) is 2.75. The molecule has 3 rings (SSSR count). The number of furan rings is 1. The van der Waals surface area contributed by atoms with E-state index < -0.39 is 6.10 Å². The predicted molar refractivity (Wildman–Crippen MR) is 82.8 cm³/mol. The number of ether oxygens (including phenoxy) is 1. The normalized spacial score (nSPS) is 16.3. The third-order valence-corrected chi connectivity index (χ3v) is 3.92. The Morgan fingerprint density at radius 2 is 2.39 bits per heavy atom.